The lowest BCUT2D eigenvalue weighted by Gasteiger charge is -2.09. The van der Waals surface area contributed by atoms with E-state index >= 15 is 0 Å². The first-order valence-electron chi connectivity index (χ1n) is 3.01. The highest BCUT2D eigenvalue weighted by atomic mass is 32.2. The van der Waals surface area contributed by atoms with Gasteiger partial charge in [-0.2, -0.15) is 16.8 Å². The van der Waals surface area contributed by atoms with Crippen molar-refractivity contribution in [3.05, 3.63) is 0 Å². The highest BCUT2D eigenvalue weighted by molar-refractivity contribution is 7.89. The molecule has 0 heterocycles. The third-order valence-electron chi connectivity index (χ3n) is 0.948. The summed E-state index contributed by atoms with van der Waals surface area (Å²) in [5, 5.41) is 0. The average Bonchev–Trinajstić information content (AvgIpc) is 1.78. The Morgan fingerprint density at radius 1 is 1.33 bits per heavy atom. The Balaban J connectivity index is 4.64. The van der Waals surface area contributed by atoms with Crippen LogP contribution in [0.2, 0.25) is 0 Å². The van der Waals surface area contributed by atoms with Crippen LogP contribution in [0.4, 0.5) is 0 Å². The Morgan fingerprint density at radius 2 is 1.75 bits per heavy atom. The lowest BCUT2D eigenvalue weighted by Crippen LogP contribution is -2.25. The summed E-state index contributed by atoms with van der Waals surface area (Å²) in [5.41, 5.74) is -1.70. The zero-order valence-corrected chi connectivity index (χ0v) is 8.22. The van der Waals surface area contributed by atoms with Crippen LogP contribution in [0, 0.1) is 0 Å². The summed E-state index contributed by atoms with van der Waals surface area (Å²) in [5.74, 6) is 0. The molecule has 0 radical (unpaired) electrons. The van der Waals surface area contributed by atoms with Crippen LogP contribution in [0.3, 0.4) is 0 Å². The van der Waals surface area contributed by atoms with E-state index in [2.05, 4.69) is 4.18 Å². The minimum Gasteiger partial charge on any atom is -0.284 e. The van der Waals surface area contributed by atoms with Crippen LogP contribution in [0.25, 0.3) is 0 Å². The Hall–Kier alpha value is -0.180. The fraction of sp³-hybridized carbons (Fsp3) is 1.00. The van der Waals surface area contributed by atoms with Gasteiger partial charge in [0, 0.05) is 0 Å². The van der Waals surface area contributed by atoms with Crippen molar-refractivity contribution in [2.45, 2.75) is 18.8 Å². The molecule has 0 aromatic carbocycles. The van der Waals surface area contributed by atoms with Crippen molar-refractivity contribution in [3.8, 4) is 0 Å². The molecule has 12 heavy (non-hydrogen) atoms. The van der Waals surface area contributed by atoms with Crippen LogP contribution in [0.1, 0.15) is 13.3 Å². The molecule has 1 atom stereocenters. The molecule has 0 saturated heterocycles. The zero-order valence-electron chi connectivity index (χ0n) is 6.59. The molecule has 1 N–H and O–H groups in total. The third-order valence-corrected chi connectivity index (χ3v) is 2.75. The van der Waals surface area contributed by atoms with Gasteiger partial charge in [-0.1, -0.05) is 6.92 Å². The molecule has 0 aromatic rings. The van der Waals surface area contributed by atoms with Gasteiger partial charge in [0.25, 0.3) is 20.2 Å². The van der Waals surface area contributed by atoms with E-state index in [0.29, 0.717) is 6.26 Å². The first kappa shape index (κ1) is 11.8. The standard InChI is InChI=1S/C4H10O6S2/c1-3-4(12(7,8)9)10-11(2,5)6/h4H,3H2,1-2H3,(H,7,8,9). The van der Waals surface area contributed by atoms with Gasteiger partial charge in [0.2, 0.25) is 5.44 Å². The summed E-state index contributed by atoms with van der Waals surface area (Å²) in [6.45, 7) is 1.38. The third kappa shape index (κ3) is 4.65. The predicted octanol–water partition coefficient (Wildman–Crippen LogP) is -0.413. The number of rotatable bonds is 4. The van der Waals surface area contributed by atoms with Crippen molar-refractivity contribution in [1.82, 2.24) is 0 Å². The molecule has 0 fully saturated rings. The second-order valence-electron chi connectivity index (χ2n) is 2.15. The van der Waals surface area contributed by atoms with Crippen LogP contribution in [0.5, 0.6) is 0 Å². The van der Waals surface area contributed by atoms with E-state index in [-0.39, 0.29) is 6.42 Å². The van der Waals surface area contributed by atoms with Gasteiger partial charge in [-0.25, -0.2) is 4.18 Å². The molecule has 0 aromatic heterocycles. The van der Waals surface area contributed by atoms with Gasteiger partial charge in [-0.05, 0) is 6.42 Å². The Kier molecular flexibility index (Phi) is 3.63. The molecule has 1 unspecified atom stereocenters. The summed E-state index contributed by atoms with van der Waals surface area (Å²) in [4.78, 5) is 0. The molecule has 0 aliphatic rings. The van der Waals surface area contributed by atoms with Crippen molar-refractivity contribution < 1.29 is 25.6 Å². The van der Waals surface area contributed by atoms with Gasteiger partial charge in [0.05, 0.1) is 6.26 Å². The normalized spacial score (nSPS) is 15.9. The second kappa shape index (κ2) is 3.69. The molecule has 74 valence electrons. The molecule has 6 nitrogen and oxygen atoms in total. The summed E-state index contributed by atoms with van der Waals surface area (Å²) < 4.78 is 54.2. The highest BCUT2D eigenvalue weighted by Crippen LogP contribution is 2.08. The van der Waals surface area contributed by atoms with Crippen LogP contribution in [-0.2, 0) is 24.4 Å². The minimum atomic E-state index is -4.45. The van der Waals surface area contributed by atoms with E-state index < -0.39 is 25.7 Å². The number of hydrogen-bond donors (Lipinski definition) is 1. The topological polar surface area (TPSA) is 97.7 Å². The van der Waals surface area contributed by atoms with Crippen LogP contribution in [-0.4, -0.2) is 33.1 Å². The second-order valence-corrected chi connectivity index (χ2v) is 5.31. The maximum atomic E-state index is 10.4. The van der Waals surface area contributed by atoms with Crippen molar-refractivity contribution in [2.24, 2.45) is 0 Å². The van der Waals surface area contributed by atoms with E-state index in [4.69, 9.17) is 4.55 Å². The van der Waals surface area contributed by atoms with Crippen LogP contribution >= 0.6 is 0 Å². The summed E-state index contributed by atoms with van der Waals surface area (Å²) >= 11 is 0. The lowest BCUT2D eigenvalue weighted by atomic mass is 10.5. The van der Waals surface area contributed by atoms with Gasteiger partial charge in [-0.3, -0.25) is 4.55 Å². The zero-order chi connectivity index (χ0) is 9.99. The molecular weight excluding hydrogens is 208 g/mol. The molecule has 0 aliphatic heterocycles. The smallest absolute Gasteiger partial charge is 0.284 e. The van der Waals surface area contributed by atoms with Crippen molar-refractivity contribution in [3.63, 3.8) is 0 Å². The van der Waals surface area contributed by atoms with Crippen LogP contribution in [0.15, 0.2) is 0 Å². The van der Waals surface area contributed by atoms with E-state index in [9.17, 15) is 16.8 Å². The quantitative estimate of drug-likeness (QED) is 0.508. The molecule has 0 spiro atoms. The summed E-state index contributed by atoms with van der Waals surface area (Å²) in [6.07, 6.45) is 0.576. The Labute approximate surface area is 71.4 Å². The fourth-order valence-corrected chi connectivity index (χ4v) is 2.30. The predicted molar refractivity (Wildman–Crippen MR) is 41.6 cm³/mol. The van der Waals surface area contributed by atoms with Crippen molar-refractivity contribution in [2.75, 3.05) is 6.26 Å². The Bertz CT molecular complexity index is 325. The SMILES string of the molecule is CCC(OS(C)(=O)=O)S(=O)(=O)O. The minimum absolute atomic E-state index is 0.133. The largest absolute Gasteiger partial charge is 0.293 e. The monoisotopic (exact) mass is 218 g/mol. The summed E-state index contributed by atoms with van der Waals surface area (Å²) in [7, 11) is -8.31. The molecular formula is C4H10O6S2. The van der Waals surface area contributed by atoms with Gasteiger partial charge in [-0.15, -0.1) is 0 Å². The van der Waals surface area contributed by atoms with Gasteiger partial charge in [0.1, 0.15) is 0 Å². The first-order chi connectivity index (χ1) is 5.17. The van der Waals surface area contributed by atoms with Gasteiger partial charge < -0.3 is 0 Å². The van der Waals surface area contributed by atoms with E-state index in [1.807, 2.05) is 0 Å². The fourth-order valence-electron chi connectivity index (χ4n) is 0.523. The molecule has 0 saturated carbocycles. The van der Waals surface area contributed by atoms with E-state index in [0.717, 1.165) is 0 Å². The lowest BCUT2D eigenvalue weighted by molar-refractivity contribution is 0.260. The van der Waals surface area contributed by atoms with Gasteiger partial charge in [0.15, 0.2) is 0 Å². The molecule has 0 rings (SSSR count). The van der Waals surface area contributed by atoms with Gasteiger partial charge >= 0.3 is 0 Å². The molecule has 8 heteroatoms. The molecule has 0 bridgehead atoms. The van der Waals surface area contributed by atoms with E-state index in [1.54, 1.807) is 0 Å². The highest BCUT2D eigenvalue weighted by Gasteiger charge is 2.25. The first-order valence-corrected chi connectivity index (χ1v) is 6.33. The average molecular weight is 218 g/mol. The summed E-state index contributed by atoms with van der Waals surface area (Å²) in [6, 6.07) is 0. The Morgan fingerprint density at radius 3 is 1.83 bits per heavy atom. The van der Waals surface area contributed by atoms with Crippen molar-refractivity contribution >= 4 is 20.2 Å². The van der Waals surface area contributed by atoms with E-state index in [1.165, 1.54) is 6.92 Å². The number of hydrogen-bond acceptors (Lipinski definition) is 5. The van der Waals surface area contributed by atoms with Crippen LogP contribution < -0.4 is 0 Å². The molecule has 0 amide bonds. The van der Waals surface area contributed by atoms with Crippen molar-refractivity contribution in [1.29, 1.82) is 0 Å². The maximum absolute atomic E-state index is 10.4. The maximum Gasteiger partial charge on any atom is 0.293 e. The molecule has 0 aliphatic carbocycles.